The summed E-state index contributed by atoms with van der Waals surface area (Å²) in [6.45, 7) is 4.77. The van der Waals surface area contributed by atoms with Gasteiger partial charge in [-0.25, -0.2) is 0 Å². The highest BCUT2D eigenvalue weighted by Crippen LogP contribution is 2.18. The summed E-state index contributed by atoms with van der Waals surface area (Å²) in [4.78, 5) is 24.2. The van der Waals surface area contributed by atoms with Crippen LogP contribution in [0.1, 0.15) is 15.9 Å². The van der Waals surface area contributed by atoms with Gasteiger partial charge >= 0.3 is 0 Å². The van der Waals surface area contributed by atoms with E-state index in [9.17, 15) is 14.7 Å². The van der Waals surface area contributed by atoms with Crippen LogP contribution in [0.25, 0.3) is 0 Å². The molecule has 3 N–H and O–H groups in total. The van der Waals surface area contributed by atoms with Crippen molar-refractivity contribution < 1.29 is 19.4 Å². The zero-order chi connectivity index (χ0) is 22.6. The van der Waals surface area contributed by atoms with Crippen LogP contribution in [0.5, 0.6) is 5.75 Å². The number of phenols is 1. The summed E-state index contributed by atoms with van der Waals surface area (Å²) in [5.74, 6) is 0.0240. The van der Waals surface area contributed by atoms with Gasteiger partial charge in [0.15, 0.2) is 0 Å². The largest absolute Gasteiger partial charge is 0.508 e. The number of rotatable bonds is 6. The quantitative estimate of drug-likeness (QED) is 0.408. The highest BCUT2D eigenvalue weighted by atomic mass is 16.5. The van der Waals surface area contributed by atoms with Crippen LogP contribution in [-0.2, 0) is 16.1 Å². The number of anilines is 2. The second-order valence-corrected chi connectivity index (χ2v) is 7.18. The van der Waals surface area contributed by atoms with E-state index in [1.54, 1.807) is 24.3 Å². The van der Waals surface area contributed by atoms with Gasteiger partial charge in [-0.15, -0.1) is 0 Å². The number of piperazine rings is 1. The number of carbonyl (C=O) groups is 2. The number of ether oxygens (including phenoxy) is 1. The molecule has 3 aromatic carbocycles. The molecule has 3 aromatic rings. The van der Waals surface area contributed by atoms with Crippen molar-refractivity contribution >= 4 is 23.8 Å². The molecule has 1 aliphatic rings. The lowest BCUT2D eigenvalue weighted by molar-refractivity contribution is -0.129. The molecule has 0 unspecified atom stereocenters. The zero-order valence-electron chi connectivity index (χ0n) is 17.7. The summed E-state index contributed by atoms with van der Waals surface area (Å²) < 4.78 is 4.54. The highest BCUT2D eigenvalue weighted by molar-refractivity contribution is 6.04. The number of nitrogens with zero attached hydrogens (tertiary/aromatic N) is 1. The minimum Gasteiger partial charge on any atom is -0.508 e. The van der Waals surface area contributed by atoms with E-state index in [0.717, 1.165) is 37.4 Å². The van der Waals surface area contributed by atoms with Gasteiger partial charge in [0, 0.05) is 43.1 Å². The molecule has 0 saturated carbocycles. The Hall–Kier alpha value is -3.84. The third kappa shape index (κ3) is 7.14. The third-order valence-electron chi connectivity index (χ3n) is 4.90. The average Bonchev–Trinajstić information content (AvgIpc) is 2.86. The Kier molecular flexibility index (Phi) is 8.65. The van der Waals surface area contributed by atoms with Crippen LogP contribution < -0.4 is 15.5 Å². The summed E-state index contributed by atoms with van der Waals surface area (Å²) in [7, 11) is 0. The van der Waals surface area contributed by atoms with E-state index in [2.05, 4.69) is 20.3 Å². The molecule has 7 nitrogen and oxygen atoms in total. The molecule has 1 amide bonds. The van der Waals surface area contributed by atoms with E-state index in [1.807, 2.05) is 54.6 Å². The van der Waals surface area contributed by atoms with Crippen molar-refractivity contribution in [2.75, 3.05) is 36.4 Å². The molecule has 0 radical (unpaired) electrons. The second-order valence-electron chi connectivity index (χ2n) is 7.18. The van der Waals surface area contributed by atoms with Gasteiger partial charge in [0.2, 0.25) is 0 Å². The van der Waals surface area contributed by atoms with Crippen LogP contribution in [0.3, 0.4) is 0 Å². The Morgan fingerprint density at radius 3 is 2.25 bits per heavy atom. The van der Waals surface area contributed by atoms with E-state index >= 15 is 0 Å². The average molecular weight is 434 g/mol. The molecule has 1 heterocycles. The first-order valence-corrected chi connectivity index (χ1v) is 10.4. The van der Waals surface area contributed by atoms with Crippen LogP contribution in [0.15, 0.2) is 78.9 Å². The number of hydrogen-bond donors (Lipinski definition) is 3. The maximum atomic E-state index is 12.2. The molecular weight excluding hydrogens is 406 g/mol. The van der Waals surface area contributed by atoms with Crippen molar-refractivity contribution in [1.29, 1.82) is 0 Å². The molecule has 0 bridgehead atoms. The monoisotopic (exact) mass is 433 g/mol. The van der Waals surface area contributed by atoms with Crippen LogP contribution in [-0.4, -0.2) is 43.7 Å². The lowest BCUT2D eigenvalue weighted by Crippen LogP contribution is -2.43. The first-order valence-electron chi connectivity index (χ1n) is 10.4. The van der Waals surface area contributed by atoms with Gasteiger partial charge in [0.1, 0.15) is 12.4 Å². The molecule has 4 rings (SSSR count). The van der Waals surface area contributed by atoms with E-state index in [1.165, 1.54) is 0 Å². The molecule has 0 spiro atoms. The number of carbonyl (C=O) groups excluding carboxylic acids is 2. The summed E-state index contributed by atoms with van der Waals surface area (Å²) in [5.41, 5.74) is 3.43. The first kappa shape index (κ1) is 22.8. The molecule has 1 saturated heterocycles. The molecule has 0 aromatic heterocycles. The Balaban J connectivity index is 0.000000243. The molecule has 7 heteroatoms. The number of benzene rings is 3. The SMILES string of the molecule is O=C(Nc1ccc(O)cc1)c1ccc(N2CCNCC2)cc1.O=COCc1ccccc1. The smallest absolute Gasteiger partial charge is 0.293 e. The van der Waals surface area contributed by atoms with Gasteiger partial charge in [-0.2, -0.15) is 0 Å². The third-order valence-corrected chi connectivity index (χ3v) is 4.90. The molecule has 32 heavy (non-hydrogen) atoms. The number of phenolic OH excluding ortho intramolecular Hbond substituents is 1. The minimum atomic E-state index is -0.155. The Bertz CT molecular complexity index is 970. The second kappa shape index (κ2) is 12.1. The van der Waals surface area contributed by atoms with Gasteiger partial charge in [0.05, 0.1) is 0 Å². The van der Waals surface area contributed by atoms with Crippen molar-refractivity contribution in [2.24, 2.45) is 0 Å². The van der Waals surface area contributed by atoms with Crippen LogP contribution in [0.2, 0.25) is 0 Å². The Morgan fingerprint density at radius 2 is 1.62 bits per heavy atom. The Labute approximate surface area is 187 Å². The van der Waals surface area contributed by atoms with Gasteiger partial charge in [-0.1, -0.05) is 30.3 Å². The van der Waals surface area contributed by atoms with Crippen molar-refractivity contribution in [2.45, 2.75) is 6.61 Å². The van der Waals surface area contributed by atoms with E-state index < -0.39 is 0 Å². The van der Waals surface area contributed by atoms with E-state index in [4.69, 9.17) is 0 Å². The van der Waals surface area contributed by atoms with Gasteiger partial charge in [-0.3, -0.25) is 9.59 Å². The van der Waals surface area contributed by atoms with Crippen molar-refractivity contribution in [1.82, 2.24) is 5.32 Å². The fourth-order valence-electron chi connectivity index (χ4n) is 3.20. The van der Waals surface area contributed by atoms with Gasteiger partial charge in [-0.05, 0) is 54.1 Å². The van der Waals surface area contributed by atoms with Gasteiger partial charge < -0.3 is 25.4 Å². The van der Waals surface area contributed by atoms with E-state index in [-0.39, 0.29) is 11.7 Å². The lowest BCUT2D eigenvalue weighted by atomic mass is 10.1. The molecule has 1 fully saturated rings. The van der Waals surface area contributed by atoms with Crippen LogP contribution >= 0.6 is 0 Å². The van der Waals surface area contributed by atoms with Crippen LogP contribution in [0.4, 0.5) is 11.4 Å². The molecular formula is C25H27N3O4. The fraction of sp³-hybridized carbons (Fsp3) is 0.200. The predicted molar refractivity (Wildman–Crippen MR) is 125 cm³/mol. The van der Waals surface area contributed by atoms with Crippen molar-refractivity contribution in [3.8, 4) is 5.75 Å². The summed E-state index contributed by atoms with van der Waals surface area (Å²) in [6.07, 6.45) is 0. The topological polar surface area (TPSA) is 90.9 Å². The maximum Gasteiger partial charge on any atom is 0.293 e. The molecule has 166 valence electrons. The minimum absolute atomic E-state index is 0.155. The standard InChI is InChI=1S/C17H19N3O2.C8H8O2/c21-16-7-3-14(4-8-16)19-17(22)13-1-5-15(6-2-13)20-11-9-18-10-12-20;9-7-10-6-8-4-2-1-3-5-8/h1-8,18,21H,9-12H2,(H,19,22);1-5,7H,6H2. The number of aromatic hydroxyl groups is 1. The molecule has 1 aliphatic heterocycles. The predicted octanol–water partition coefficient (Wildman–Crippen LogP) is 3.41. The van der Waals surface area contributed by atoms with E-state index in [0.29, 0.717) is 24.3 Å². The number of amides is 1. The zero-order valence-corrected chi connectivity index (χ0v) is 17.7. The number of nitrogens with one attached hydrogen (secondary N) is 2. The van der Waals surface area contributed by atoms with Gasteiger partial charge in [0.25, 0.3) is 12.4 Å². The summed E-state index contributed by atoms with van der Waals surface area (Å²) >= 11 is 0. The fourth-order valence-corrected chi connectivity index (χ4v) is 3.20. The van der Waals surface area contributed by atoms with Crippen molar-refractivity contribution in [3.05, 3.63) is 90.0 Å². The first-order chi connectivity index (χ1) is 15.7. The normalized spacial score (nSPS) is 12.8. The Morgan fingerprint density at radius 1 is 0.969 bits per heavy atom. The lowest BCUT2D eigenvalue weighted by Gasteiger charge is -2.29. The summed E-state index contributed by atoms with van der Waals surface area (Å²) in [6, 6.07) is 23.6. The summed E-state index contributed by atoms with van der Waals surface area (Å²) in [5, 5.41) is 15.4. The highest BCUT2D eigenvalue weighted by Gasteiger charge is 2.11. The maximum absolute atomic E-state index is 12.2. The number of hydrogen-bond acceptors (Lipinski definition) is 6. The van der Waals surface area contributed by atoms with Crippen molar-refractivity contribution in [3.63, 3.8) is 0 Å². The molecule has 0 atom stereocenters. The van der Waals surface area contributed by atoms with Crippen LogP contribution in [0, 0.1) is 0 Å². The molecule has 0 aliphatic carbocycles.